The summed E-state index contributed by atoms with van der Waals surface area (Å²) in [6.07, 6.45) is -1.85. The third-order valence-electron chi connectivity index (χ3n) is 4.72. The van der Waals surface area contributed by atoms with Crippen LogP contribution in [-0.4, -0.2) is 21.5 Å². The molecule has 10 heteroatoms. The van der Waals surface area contributed by atoms with Gasteiger partial charge in [0, 0.05) is 11.9 Å². The molecule has 3 aromatic rings. The predicted octanol–water partition coefficient (Wildman–Crippen LogP) is 4.47. The zero-order valence-electron chi connectivity index (χ0n) is 16.1. The maximum atomic E-state index is 14.2. The van der Waals surface area contributed by atoms with Gasteiger partial charge in [0.2, 0.25) is 0 Å². The second kappa shape index (κ2) is 8.04. The molecular weight excluding hydrogens is 446 g/mol. The monoisotopic (exact) mass is 459 g/mol. The molecule has 2 aromatic carbocycles. The SMILES string of the molecule is O=C1NC(=S)N(c2cccc(C(F)(F)F)c2)C(=O)/C1=C/c1cccn1-c1ccccc1F. The van der Waals surface area contributed by atoms with Crippen molar-refractivity contribution in [2.24, 2.45) is 0 Å². The van der Waals surface area contributed by atoms with Crippen molar-refractivity contribution in [3.63, 3.8) is 0 Å². The molecule has 1 aliphatic rings. The van der Waals surface area contributed by atoms with Crippen molar-refractivity contribution in [1.29, 1.82) is 0 Å². The fourth-order valence-electron chi connectivity index (χ4n) is 3.24. The average molecular weight is 459 g/mol. The lowest BCUT2D eigenvalue weighted by Crippen LogP contribution is -2.54. The molecule has 0 radical (unpaired) electrons. The number of hydrogen-bond donors (Lipinski definition) is 1. The third-order valence-corrected chi connectivity index (χ3v) is 5.00. The molecule has 0 aliphatic carbocycles. The van der Waals surface area contributed by atoms with E-state index in [1.54, 1.807) is 24.4 Å². The van der Waals surface area contributed by atoms with E-state index >= 15 is 0 Å². The van der Waals surface area contributed by atoms with E-state index in [9.17, 15) is 27.2 Å². The van der Waals surface area contributed by atoms with Crippen LogP contribution in [0.25, 0.3) is 11.8 Å². The minimum absolute atomic E-state index is 0.148. The lowest BCUT2D eigenvalue weighted by Gasteiger charge is -2.29. The van der Waals surface area contributed by atoms with Crippen molar-refractivity contribution in [3.8, 4) is 5.69 Å². The van der Waals surface area contributed by atoms with Gasteiger partial charge in [-0.25, -0.2) is 4.39 Å². The lowest BCUT2D eigenvalue weighted by atomic mass is 10.1. The number of hydrogen-bond acceptors (Lipinski definition) is 3. The Bertz CT molecular complexity index is 1280. The molecule has 1 saturated heterocycles. The van der Waals surface area contributed by atoms with E-state index < -0.39 is 29.4 Å². The van der Waals surface area contributed by atoms with Gasteiger partial charge in [-0.05, 0) is 60.8 Å². The largest absolute Gasteiger partial charge is 0.416 e. The van der Waals surface area contributed by atoms with Gasteiger partial charge in [0.25, 0.3) is 11.8 Å². The Morgan fingerprint density at radius 3 is 2.44 bits per heavy atom. The van der Waals surface area contributed by atoms with Crippen LogP contribution in [0.5, 0.6) is 0 Å². The van der Waals surface area contributed by atoms with Gasteiger partial charge >= 0.3 is 6.18 Å². The van der Waals surface area contributed by atoms with Crippen LogP contribution >= 0.6 is 12.2 Å². The Morgan fingerprint density at radius 1 is 0.969 bits per heavy atom. The molecule has 1 N–H and O–H groups in total. The molecule has 0 unspecified atom stereocenters. The van der Waals surface area contributed by atoms with Crippen LogP contribution in [0.1, 0.15) is 11.3 Å². The molecule has 2 heterocycles. The Hall–Kier alpha value is -3.79. The summed E-state index contributed by atoms with van der Waals surface area (Å²) < 4.78 is 55.0. The van der Waals surface area contributed by atoms with Crippen LogP contribution in [-0.2, 0) is 15.8 Å². The first-order valence-corrected chi connectivity index (χ1v) is 9.58. The van der Waals surface area contributed by atoms with E-state index in [2.05, 4.69) is 5.32 Å². The highest BCUT2D eigenvalue weighted by Gasteiger charge is 2.36. The average Bonchev–Trinajstić information content (AvgIpc) is 3.19. The van der Waals surface area contributed by atoms with Gasteiger partial charge in [-0.1, -0.05) is 18.2 Å². The van der Waals surface area contributed by atoms with Crippen LogP contribution in [0, 0.1) is 5.82 Å². The standard InChI is InChI=1S/C22H13F4N3O2S/c23-17-8-1-2-9-18(17)28-10-4-7-14(28)12-16-19(30)27-21(32)29(20(16)31)15-6-3-5-13(11-15)22(24,25)26/h1-12H,(H,27,30,32)/b16-12+. The molecule has 0 spiro atoms. The van der Waals surface area contributed by atoms with E-state index in [1.165, 1.54) is 34.9 Å². The van der Waals surface area contributed by atoms with E-state index in [0.717, 1.165) is 23.1 Å². The molecule has 1 aromatic heterocycles. The number of nitrogens with zero attached hydrogens (tertiary/aromatic N) is 2. The summed E-state index contributed by atoms with van der Waals surface area (Å²) >= 11 is 5.03. The Kier molecular flexibility index (Phi) is 5.39. The second-order valence-corrected chi connectivity index (χ2v) is 7.15. The molecule has 2 amide bonds. The number of halogens is 4. The van der Waals surface area contributed by atoms with E-state index in [-0.39, 0.29) is 22.1 Å². The first-order valence-electron chi connectivity index (χ1n) is 9.18. The summed E-state index contributed by atoms with van der Waals surface area (Å²) in [6.45, 7) is 0. The van der Waals surface area contributed by atoms with E-state index in [1.807, 2.05) is 0 Å². The molecule has 0 saturated carbocycles. The van der Waals surface area contributed by atoms with Gasteiger partial charge in [0.05, 0.1) is 16.9 Å². The molecule has 32 heavy (non-hydrogen) atoms. The summed E-state index contributed by atoms with van der Waals surface area (Å²) in [7, 11) is 0. The van der Waals surface area contributed by atoms with Crippen molar-refractivity contribution >= 4 is 40.9 Å². The Labute approximate surface area is 184 Å². The van der Waals surface area contributed by atoms with Gasteiger partial charge in [-0.3, -0.25) is 19.8 Å². The number of anilines is 1. The van der Waals surface area contributed by atoms with E-state index in [0.29, 0.717) is 5.69 Å². The van der Waals surface area contributed by atoms with Crippen LogP contribution in [0.3, 0.4) is 0 Å². The first-order chi connectivity index (χ1) is 15.2. The molecule has 4 rings (SSSR count). The molecule has 162 valence electrons. The zero-order chi connectivity index (χ0) is 23.0. The van der Waals surface area contributed by atoms with Crippen LogP contribution in [0.15, 0.2) is 72.4 Å². The molecule has 0 bridgehead atoms. The third kappa shape index (κ3) is 3.92. The number of nitrogens with one attached hydrogen (secondary N) is 1. The summed E-state index contributed by atoms with van der Waals surface area (Å²) in [5, 5.41) is 1.97. The molecule has 1 fully saturated rings. The van der Waals surface area contributed by atoms with Crippen LogP contribution in [0.4, 0.5) is 23.2 Å². The highest BCUT2D eigenvalue weighted by molar-refractivity contribution is 7.80. The first kappa shape index (κ1) is 21.4. The molecular formula is C22H13F4N3O2S. The number of carbonyl (C=O) groups excluding carboxylic acids is 2. The summed E-state index contributed by atoms with van der Waals surface area (Å²) in [6, 6.07) is 13.1. The number of aromatic nitrogens is 1. The quantitative estimate of drug-likeness (QED) is 0.272. The predicted molar refractivity (Wildman–Crippen MR) is 113 cm³/mol. The zero-order valence-corrected chi connectivity index (χ0v) is 16.9. The molecule has 0 atom stereocenters. The van der Waals surface area contributed by atoms with Crippen molar-refractivity contribution in [1.82, 2.24) is 9.88 Å². The topological polar surface area (TPSA) is 54.3 Å². The van der Waals surface area contributed by atoms with Gasteiger partial charge in [-0.15, -0.1) is 0 Å². The number of benzene rings is 2. The van der Waals surface area contributed by atoms with Crippen molar-refractivity contribution in [2.45, 2.75) is 6.18 Å². The summed E-state index contributed by atoms with van der Waals surface area (Å²) in [5.41, 5.74) is -0.984. The van der Waals surface area contributed by atoms with Gasteiger partial charge in [0.1, 0.15) is 11.4 Å². The Morgan fingerprint density at radius 2 is 1.72 bits per heavy atom. The maximum absolute atomic E-state index is 14.2. The maximum Gasteiger partial charge on any atom is 0.416 e. The minimum atomic E-state index is -4.63. The van der Waals surface area contributed by atoms with Gasteiger partial charge < -0.3 is 4.57 Å². The number of carbonyl (C=O) groups is 2. The number of thiocarbonyl (C=S) groups is 1. The van der Waals surface area contributed by atoms with Gasteiger partial charge in [-0.2, -0.15) is 13.2 Å². The summed E-state index contributed by atoms with van der Waals surface area (Å²) in [5.74, 6) is -2.24. The Balaban J connectivity index is 1.76. The summed E-state index contributed by atoms with van der Waals surface area (Å²) in [4.78, 5) is 26.4. The van der Waals surface area contributed by atoms with Crippen molar-refractivity contribution in [3.05, 3.63) is 89.5 Å². The van der Waals surface area contributed by atoms with E-state index in [4.69, 9.17) is 12.2 Å². The fraction of sp³-hybridized carbons (Fsp3) is 0.0455. The number of para-hydroxylation sites is 1. The molecule has 1 aliphatic heterocycles. The molecule has 5 nitrogen and oxygen atoms in total. The second-order valence-electron chi connectivity index (χ2n) is 6.76. The van der Waals surface area contributed by atoms with Crippen LogP contribution < -0.4 is 10.2 Å². The van der Waals surface area contributed by atoms with Crippen LogP contribution in [0.2, 0.25) is 0 Å². The smallest absolute Gasteiger partial charge is 0.314 e. The fourth-order valence-corrected chi connectivity index (χ4v) is 3.52. The highest BCUT2D eigenvalue weighted by atomic mass is 32.1. The normalized spacial score (nSPS) is 15.9. The highest BCUT2D eigenvalue weighted by Crippen LogP contribution is 2.32. The van der Waals surface area contributed by atoms with Crippen molar-refractivity contribution in [2.75, 3.05) is 4.90 Å². The number of alkyl halides is 3. The lowest BCUT2D eigenvalue weighted by molar-refractivity contribution is -0.137. The van der Waals surface area contributed by atoms with Gasteiger partial charge in [0.15, 0.2) is 5.11 Å². The number of rotatable bonds is 3. The number of amides is 2. The van der Waals surface area contributed by atoms with Crippen molar-refractivity contribution < 1.29 is 27.2 Å². The minimum Gasteiger partial charge on any atom is -0.314 e.